The highest BCUT2D eigenvalue weighted by atomic mass is 35.5. The van der Waals surface area contributed by atoms with Gasteiger partial charge in [0.05, 0.1) is 0 Å². The summed E-state index contributed by atoms with van der Waals surface area (Å²) in [6.07, 6.45) is 2.09. The average Bonchev–Trinajstić information content (AvgIpc) is 2.91. The van der Waals surface area contributed by atoms with Gasteiger partial charge >= 0.3 is 0 Å². The van der Waals surface area contributed by atoms with Crippen molar-refractivity contribution < 1.29 is 10.2 Å². The van der Waals surface area contributed by atoms with Gasteiger partial charge in [0.1, 0.15) is 0 Å². The van der Waals surface area contributed by atoms with Crippen LogP contribution in [0.5, 0.6) is 0 Å². The van der Waals surface area contributed by atoms with Crippen LogP contribution in [0.25, 0.3) is 22.3 Å². The molecule has 0 spiro atoms. The molecular weight excluding hydrogens is 439 g/mol. The third kappa shape index (κ3) is 4.42. The Morgan fingerprint density at radius 2 is 1.72 bits per heavy atom. The van der Waals surface area contributed by atoms with Crippen LogP contribution in [-0.4, -0.2) is 16.5 Å². The Kier molecular flexibility index (Phi) is 6.88. The molecule has 1 aliphatic carbocycles. The van der Waals surface area contributed by atoms with Crippen molar-refractivity contribution in [3.05, 3.63) is 105 Å². The van der Waals surface area contributed by atoms with Crippen LogP contribution in [0.3, 0.4) is 0 Å². The molecule has 3 aromatic carbocycles. The Labute approximate surface area is 199 Å². The number of aliphatic hydroxyl groups excluding tert-OH is 1. The average molecular weight is 465 g/mol. The molecular formula is C28H26Cl2O2. The number of allylic oxidation sites excluding steroid dienone is 2. The number of hydrogen-bond donors (Lipinski definition) is 2. The fraction of sp³-hybridized carbons (Fsp3) is 0.214. The van der Waals surface area contributed by atoms with E-state index in [1.807, 2.05) is 61.5 Å². The Morgan fingerprint density at radius 1 is 1.00 bits per heavy atom. The summed E-state index contributed by atoms with van der Waals surface area (Å²) < 4.78 is 0. The van der Waals surface area contributed by atoms with Gasteiger partial charge in [0.15, 0.2) is 6.29 Å². The molecule has 3 aromatic rings. The van der Waals surface area contributed by atoms with Gasteiger partial charge in [-0.05, 0) is 83.4 Å². The molecule has 164 valence electrons. The number of hydrogen-bond acceptors (Lipinski definition) is 2. The zero-order valence-corrected chi connectivity index (χ0v) is 19.7. The monoisotopic (exact) mass is 464 g/mol. The summed E-state index contributed by atoms with van der Waals surface area (Å²) in [7, 11) is 0. The van der Waals surface area contributed by atoms with Crippen LogP contribution in [0.4, 0.5) is 0 Å². The number of benzene rings is 3. The summed E-state index contributed by atoms with van der Waals surface area (Å²) in [5.41, 5.74) is 7.61. The SMILES string of the molecule is CCC1Cc2cccc(Cl)c2-c2ccccc2C1=CC(=C(C)c1cccc(Cl)c1)C(O)O. The predicted molar refractivity (Wildman–Crippen MR) is 135 cm³/mol. The van der Waals surface area contributed by atoms with Crippen LogP contribution in [0.1, 0.15) is 37.0 Å². The lowest BCUT2D eigenvalue weighted by Gasteiger charge is -2.21. The van der Waals surface area contributed by atoms with Crippen LogP contribution in [-0.2, 0) is 6.42 Å². The molecule has 0 saturated heterocycles. The summed E-state index contributed by atoms with van der Waals surface area (Å²) in [5, 5.41) is 22.0. The summed E-state index contributed by atoms with van der Waals surface area (Å²) in [4.78, 5) is 0. The molecule has 1 aliphatic rings. The molecule has 0 aromatic heterocycles. The summed E-state index contributed by atoms with van der Waals surface area (Å²) in [6, 6.07) is 21.7. The molecule has 1 unspecified atom stereocenters. The van der Waals surface area contributed by atoms with Crippen molar-refractivity contribution >= 4 is 34.3 Å². The molecule has 1 atom stereocenters. The van der Waals surface area contributed by atoms with E-state index in [1.165, 1.54) is 5.56 Å². The fourth-order valence-corrected chi connectivity index (χ4v) is 5.07. The molecule has 2 N–H and O–H groups in total. The van der Waals surface area contributed by atoms with E-state index in [-0.39, 0.29) is 5.92 Å². The summed E-state index contributed by atoms with van der Waals surface area (Å²) in [5.74, 6) is 0.205. The normalized spacial score (nSPS) is 17.6. The maximum absolute atomic E-state index is 10.3. The van der Waals surface area contributed by atoms with Crippen molar-refractivity contribution in [3.63, 3.8) is 0 Å². The largest absolute Gasteiger partial charge is 0.364 e. The van der Waals surface area contributed by atoms with E-state index in [0.717, 1.165) is 51.3 Å². The second kappa shape index (κ2) is 9.64. The minimum absolute atomic E-state index is 0.205. The second-order valence-electron chi connectivity index (χ2n) is 8.19. The van der Waals surface area contributed by atoms with Gasteiger partial charge in [0.25, 0.3) is 0 Å². The molecule has 4 heteroatoms. The van der Waals surface area contributed by atoms with Crippen LogP contribution in [0, 0.1) is 5.92 Å². The summed E-state index contributed by atoms with van der Waals surface area (Å²) >= 11 is 12.9. The maximum atomic E-state index is 10.3. The van der Waals surface area contributed by atoms with E-state index in [9.17, 15) is 10.2 Å². The van der Waals surface area contributed by atoms with Gasteiger partial charge in [0, 0.05) is 21.2 Å². The van der Waals surface area contributed by atoms with Gasteiger partial charge in [-0.15, -0.1) is 0 Å². The third-order valence-corrected chi connectivity index (χ3v) is 6.84. The highest BCUT2D eigenvalue weighted by molar-refractivity contribution is 6.33. The van der Waals surface area contributed by atoms with Crippen molar-refractivity contribution in [1.82, 2.24) is 0 Å². The maximum Gasteiger partial charge on any atom is 0.178 e. The zero-order chi connectivity index (χ0) is 22.8. The lowest BCUT2D eigenvalue weighted by molar-refractivity contribution is -0.00436. The van der Waals surface area contributed by atoms with E-state index in [1.54, 1.807) is 0 Å². The first-order valence-corrected chi connectivity index (χ1v) is 11.6. The number of rotatable bonds is 4. The Balaban J connectivity index is 1.97. The van der Waals surface area contributed by atoms with E-state index in [4.69, 9.17) is 23.2 Å². The second-order valence-corrected chi connectivity index (χ2v) is 9.04. The molecule has 0 heterocycles. The minimum Gasteiger partial charge on any atom is -0.364 e. The molecule has 0 fully saturated rings. The van der Waals surface area contributed by atoms with Gasteiger partial charge in [-0.25, -0.2) is 0 Å². The van der Waals surface area contributed by atoms with Gasteiger partial charge in [-0.2, -0.15) is 0 Å². The first kappa shape index (κ1) is 22.8. The minimum atomic E-state index is -1.61. The van der Waals surface area contributed by atoms with E-state index in [0.29, 0.717) is 10.6 Å². The van der Waals surface area contributed by atoms with E-state index < -0.39 is 6.29 Å². The predicted octanol–water partition coefficient (Wildman–Crippen LogP) is 7.41. The lowest BCUT2D eigenvalue weighted by atomic mass is 9.85. The summed E-state index contributed by atoms with van der Waals surface area (Å²) in [6.45, 7) is 4.06. The molecule has 4 rings (SSSR count). The third-order valence-electron chi connectivity index (χ3n) is 6.29. The standard InChI is InChI=1S/C28H26Cl2O2/c1-3-18-14-20-9-7-13-26(30)27(20)23-12-5-4-11-22(23)25(18)16-24(28(31)32)17(2)19-8-6-10-21(29)15-19/h4-13,15-16,18,28,31-32H,3,14H2,1-2H3. The molecule has 2 nitrogen and oxygen atoms in total. The first-order valence-electron chi connectivity index (χ1n) is 10.8. The van der Waals surface area contributed by atoms with Crippen molar-refractivity contribution in [2.75, 3.05) is 0 Å². The van der Waals surface area contributed by atoms with Crippen molar-refractivity contribution in [2.45, 2.75) is 33.0 Å². The molecule has 32 heavy (non-hydrogen) atoms. The van der Waals surface area contributed by atoms with Crippen LogP contribution < -0.4 is 0 Å². The Morgan fingerprint density at radius 3 is 2.41 bits per heavy atom. The van der Waals surface area contributed by atoms with Gasteiger partial charge < -0.3 is 10.2 Å². The molecule has 0 saturated carbocycles. The Bertz CT molecular complexity index is 1210. The first-order chi connectivity index (χ1) is 15.4. The quantitative estimate of drug-likeness (QED) is 0.394. The topological polar surface area (TPSA) is 40.5 Å². The van der Waals surface area contributed by atoms with Gasteiger partial charge in [0.2, 0.25) is 0 Å². The van der Waals surface area contributed by atoms with Gasteiger partial charge in [-0.3, -0.25) is 0 Å². The zero-order valence-electron chi connectivity index (χ0n) is 18.1. The van der Waals surface area contributed by atoms with Crippen LogP contribution in [0.2, 0.25) is 10.0 Å². The number of halogens is 2. The number of aliphatic hydroxyl groups is 2. The fourth-order valence-electron chi connectivity index (χ4n) is 4.58. The highest BCUT2D eigenvalue weighted by Crippen LogP contribution is 2.45. The van der Waals surface area contributed by atoms with Crippen LogP contribution >= 0.6 is 23.2 Å². The molecule has 0 amide bonds. The highest BCUT2D eigenvalue weighted by Gasteiger charge is 2.26. The van der Waals surface area contributed by atoms with Gasteiger partial charge in [-0.1, -0.05) is 78.7 Å². The Hall–Kier alpha value is -2.36. The number of fused-ring (bicyclic) bond motifs is 3. The lowest BCUT2D eigenvalue weighted by Crippen LogP contribution is -2.12. The smallest absolute Gasteiger partial charge is 0.178 e. The van der Waals surface area contributed by atoms with Crippen molar-refractivity contribution in [3.8, 4) is 11.1 Å². The molecule has 0 radical (unpaired) electrons. The molecule has 0 aliphatic heterocycles. The van der Waals surface area contributed by atoms with Crippen LogP contribution in [0.15, 0.2) is 78.4 Å². The van der Waals surface area contributed by atoms with Crippen molar-refractivity contribution in [1.29, 1.82) is 0 Å². The van der Waals surface area contributed by atoms with Crippen molar-refractivity contribution in [2.24, 2.45) is 5.92 Å². The van der Waals surface area contributed by atoms with E-state index >= 15 is 0 Å². The molecule has 0 bridgehead atoms. The van der Waals surface area contributed by atoms with E-state index in [2.05, 4.69) is 25.1 Å².